The molecule has 1 unspecified atom stereocenters. The quantitative estimate of drug-likeness (QED) is 0.617. The number of urea groups is 1. The second-order valence-electron chi connectivity index (χ2n) is 7.60. The molecule has 1 atom stereocenters. The third kappa shape index (κ3) is 7.06. The van der Waals surface area contributed by atoms with Gasteiger partial charge in [0.25, 0.3) is 0 Å². The Labute approximate surface area is 186 Å². The first-order valence-corrected chi connectivity index (χ1v) is 11.1. The van der Waals surface area contributed by atoms with Crippen LogP contribution < -0.4 is 15.4 Å². The highest BCUT2D eigenvalue weighted by Crippen LogP contribution is 2.19. The smallest absolute Gasteiger partial charge is 0.319 e. The molecule has 7 heteroatoms. The molecule has 0 spiro atoms. The Bertz CT molecular complexity index is 857. The van der Waals surface area contributed by atoms with E-state index < -0.39 is 0 Å². The lowest BCUT2D eigenvalue weighted by molar-refractivity contribution is -0.133. The summed E-state index contributed by atoms with van der Waals surface area (Å²) >= 11 is 3.41. The number of anilines is 1. The molecule has 3 amide bonds. The minimum Gasteiger partial charge on any atom is -0.493 e. The Hall–Kier alpha value is -2.54. The number of hydrogen-bond acceptors (Lipinski definition) is 3. The minimum atomic E-state index is -0.218. The Morgan fingerprint density at radius 2 is 2.00 bits per heavy atom. The van der Waals surface area contributed by atoms with Crippen molar-refractivity contribution in [2.45, 2.75) is 26.2 Å². The molecule has 1 fully saturated rings. The minimum absolute atomic E-state index is 0.0961. The monoisotopic (exact) mass is 473 g/mol. The molecule has 30 heavy (non-hydrogen) atoms. The summed E-state index contributed by atoms with van der Waals surface area (Å²) in [5.74, 6) is 1.11. The third-order valence-corrected chi connectivity index (χ3v) is 5.61. The molecule has 0 radical (unpaired) electrons. The van der Waals surface area contributed by atoms with Gasteiger partial charge in [0.15, 0.2) is 0 Å². The van der Waals surface area contributed by atoms with Gasteiger partial charge >= 0.3 is 6.03 Å². The maximum absolute atomic E-state index is 12.5. The van der Waals surface area contributed by atoms with Gasteiger partial charge in [-0.15, -0.1) is 0 Å². The number of carbonyl (C=O) groups is 2. The van der Waals surface area contributed by atoms with Gasteiger partial charge in [-0.3, -0.25) is 4.79 Å². The van der Waals surface area contributed by atoms with Crippen molar-refractivity contribution in [2.75, 3.05) is 31.6 Å². The number of amides is 3. The molecular formula is C23H28BrN3O3. The molecule has 1 saturated heterocycles. The van der Waals surface area contributed by atoms with E-state index in [0.717, 1.165) is 40.9 Å². The van der Waals surface area contributed by atoms with Crippen molar-refractivity contribution < 1.29 is 14.3 Å². The lowest BCUT2D eigenvalue weighted by atomic mass is 9.98. The molecule has 0 aromatic heterocycles. The summed E-state index contributed by atoms with van der Waals surface area (Å²) < 4.78 is 6.62. The second-order valence-corrected chi connectivity index (χ2v) is 8.52. The van der Waals surface area contributed by atoms with Crippen LogP contribution in [0.4, 0.5) is 10.5 Å². The van der Waals surface area contributed by atoms with Crippen LogP contribution in [0, 0.1) is 12.8 Å². The molecule has 1 aliphatic heterocycles. The van der Waals surface area contributed by atoms with E-state index in [1.165, 1.54) is 0 Å². The number of benzene rings is 2. The number of rotatable bonds is 7. The van der Waals surface area contributed by atoms with Gasteiger partial charge in [-0.2, -0.15) is 0 Å². The van der Waals surface area contributed by atoms with Crippen LogP contribution in [0.1, 0.15) is 24.8 Å². The summed E-state index contributed by atoms with van der Waals surface area (Å²) in [5, 5.41) is 5.77. The average molecular weight is 474 g/mol. The fourth-order valence-corrected chi connectivity index (χ4v) is 3.86. The van der Waals surface area contributed by atoms with E-state index in [4.69, 9.17) is 4.74 Å². The SMILES string of the molecule is Cc1ccc(NC(=O)NCC2CCCN(C(=O)CCOc3cccc(Br)c3)C2)cc1. The Kier molecular flexibility index (Phi) is 8.13. The van der Waals surface area contributed by atoms with Crippen LogP contribution in [0.3, 0.4) is 0 Å². The number of carbonyl (C=O) groups excluding carboxylic acids is 2. The lowest BCUT2D eigenvalue weighted by Crippen LogP contribution is -2.44. The zero-order valence-corrected chi connectivity index (χ0v) is 18.8. The van der Waals surface area contributed by atoms with Crippen LogP contribution in [-0.4, -0.2) is 43.1 Å². The van der Waals surface area contributed by atoms with E-state index in [-0.39, 0.29) is 17.9 Å². The molecule has 0 saturated carbocycles. The molecule has 0 bridgehead atoms. The Morgan fingerprint density at radius 1 is 1.20 bits per heavy atom. The van der Waals surface area contributed by atoms with E-state index >= 15 is 0 Å². The van der Waals surface area contributed by atoms with Crippen LogP contribution in [0.2, 0.25) is 0 Å². The molecule has 2 N–H and O–H groups in total. The maximum Gasteiger partial charge on any atom is 0.319 e. The van der Waals surface area contributed by atoms with Crippen molar-refractivity contribution in [3.63, 3.8) is 0 Å². The topological polar surface area (TPSA) is 70.7 Å². The maximum atomic E-state index is 12.5. The summed E-state index contributed by atoms with van der Waals surface area (Å²) in [6.07, 6.45) is 2.30. The average Bonchev–Trinajstić information content (AvgIpc) is 2.74. The lowest BCUT2D eigenvalue weighted by Gasteiger charge is -2.33. The van der Waals surface area contributed by atoms with Gasteiger partial charge in [0.05, 0.1) is 13.0 Å². The number of piperidine rings is 1. The van der Waals surface area contributed by atoms with E-state index in [2.05, 4.69) is 26.6 Å². The van der Waals surface area contributed by atoms with Crippen LogP contribution >= 0.6 is 15.9 Å². The van der Waals surface area contributed by atoms with E-state index in [1.54, 1.807) is 0 Å². The number of halogens is 1. The van der Waals surface area contributed by atoms with Crippen molar-refractivity contribution in [2.24, 2.45) is 5.92 Å². The van der Waals surface area contributed by atoms with Gasteiger partial charge < -0.3 is 20.3 Å². The molecule has 1 aliphatic rings. The highest BCUT2D eigenvalue weighted by Gasteiger charge is 2.23. The van der Waals surface area contributed by atoms with Gasteiger partial charge in [-0.05, 0) is 56.0 Å². The molecule has 2 aromatic rings. The Balaban J connectivity index is 1.38. The van der Waals surface area contributed by atoms with Gasteiger partial charge in [0.1, 0.15) is 5.75 Å². The third-order valence-electron chi connectivity index (χ3n) is 5.11. The van der Waals surface area contributed by atoms with E-state index in [0.29, 0.717) is 26.1 Å². The molecule has 0 aliphatic carbocycles. The highest BCUT2D eigenvalue weighted by molar-refractivity contribution is 9.10. The van der Waals surface area contributed by atoms with Gasteiger partial charge in [-0.1, -0.05) is 39.7 Å². The van der Waals surface area contributed by atoms with Crippen molar-refractivity contribution in [3.05, 3.63) is 58.6 Å². The summed E-state index contributed by atoms with van der Waals surface area (Å²) in [6, 6.07) is 15.1. The van der Waals surface area contributed by atoms with Crippen LogP contribution in [0.15, 0.2) is 53.0 Å². The standard InChI is InChI=1S/C23H28BrN3O3/c1-17-7-9-20(10-8-17)26-23(29)25-15-18-4-3-12-27(16-18)22(28)11-13-30-21-6-2-5-19(24)14-21/h2,5-10,14,18H,3-4,11-13,15-16H2,1H3,(H2,25,26,29). The fraction of sp³-hybridized carbons (Fsp3) is 0.391. The molecule has 1 heterocycles. The Morgan fingerprint density at radius 3 is 2.77 bits per heavy atom. The van der Waals surface area contributed by atoms with Gasteiger partial charge in [-0.25, -0.2) is 4.79 Å². The largest absolute Gasteiger partial charge is 0.493 e. The predicted octanol–water partition coefficient (Wildman–Crippen LogP) is 4.59. The highest BCUT2D eigenvalue weighted by atomic mass is 79.9. The van der Waals surface area contributed by atoms with Crippen LogP contribution in [-0.2, 0) is 4.79 Å². The number of nitrogens with one attached hydrogen (secondary N) is 2. The molecule has 3 rings (SSSR count). The summed E-state index contributed by atoms with van der Waals surface area (Å²) in [4.78, 5) is 26.6. The van der Waals surface area contributed by atoms with E-state index in [1.807, 2.05) is 60.4 Å². The first kappa shape index (κ1) is 22.2. The number of likely N-dealkylation sites (tertiary alicyclic amines) is 1. The van der Waals surface area contributed by atoms with Crippen molar-refractivity contribution in [1.82, 2.24) is 10.2 Å². The van der Waals surface area contributed by atoms with Crippen molar-refractivity contribution >= 4 is 33.6 Å². The number of hydrogen-bond donors (Lipinski definition) is 2. The van der Waals surface area contributed by atoms with Crippen LogP contribution in [0.25, 0.3) is 0 Å². The van der Waals surface area contributed by atoms with Gasteiger partial charge in [0, 0.05) is 29.8 Å². The van der Waals surface area contributed by atoms with Crippen molar-refractivity contribution in [3.8, 4) is 5.75 Å². The zero-order chi connectivity index (χ0) is 21.3. The molecule has 160 valence electrons. The zero-order valence-electron chi connectivity index (χ0n) is 17.2. The molecular weight excluding hydrogens is 446 g/mol. The summed E-state index contributed by atoms with van der Waals surface area (Å²) in [7, 11) is 0. The number of ether oxygens (including phenoxy) is 1. The summed E-state index contributed by atoms with van der Waals surface area (Å²) in [5.41, 5.74) is 1.92. The predicted molar refractivity (Wildman–Crippen MR) is 122 cm³/mol. The first-order chi connectivity index (χ1) is 14.5. The number of aryl methyl sites for hydroxylation is 1. The van der Waals surface area contributed by atoms with E-state index in [9.17, 15) is 9.59 Å². The normalized spacial score (nSPS) is 16.1. The summed E-state index contributed by atoms with van der Waals surface area (Å²) in [6.45, 7) is 4.35. The molecule has 6 nitrogen and oxygen atoms in total. The van der Waals surface area contributed by atoms with Crippen molar-refractivity contribution in [1.29, 1.82) is 0 Å². The van der Waals surface area contributed by atoms with Gasteiger partial charge in [0.2, 0.25) is 5.91 Å². The number of nitrogens with zero attached hydrogens (tertiary/aromatic N) is 1. The second kappa shape index (κ2) is 11.0. The van der Waals surface area contributed by atoms with Crippen LogP contribution in [0.5, 0.6) is 5.75 Å². The molecule has 2 aromatic carbocycles. The fourth-order valence-electron chi connectivity index (χ4n) is 3.48. The first-order valence-electron chi connectivity index (χ1n) is 10.3.